The van der Waals surface area contributed by atoms with Crippen LogP contribution in [-0.4, -0.2) is 30.2 Å². The van der Waals surface area contributed by atoms with Gasteiger partial charge in [-0.2, -0.15) is 0 Å². The summed E-state index contributed by atoms with van der Waals surface area (Å²) in [7, 11) is 2.99. The largest absolute Gasteiger partial charge is 0.504 e. The van der Waals surface area contributed by atoms with Crippen molar-refractivity contribution in [2.24, 2.45) is 11.8 Å². The Morgan fingerprint density at radius 2 is 1.22 bits per heavy atom. The maximum atomic E-state index is 12.9. The van der Waals surface area contributed by atoms with Crippen LogP contribution in [-0.2, 0) is 4.79 Å². The Morgan fingerprint density at radius 1 is 0.815 bits per heavy atom. The molecule has 1 saturated heterocycles. The molecule has 6 nitrogen and oxygen atoms in total. The van der Waals surface area contributed by atoms with Gasteiger partial charge in [0.25, 0.3) is 0 Å². The summed E-state index contributed by atoms with van der Waals surface area (Å²) < 4.78 is 10.4. The van der Waals surface area contributed by atoms with E-state index in [9.17, 15) is 15.0 Å². The average Bonchev–Trinajstić information content (AvgIpc) is 2.67. The normalized spacial score (nSPS) is 25.3. The molecule has 1 aliphatic heterocycles. The Balaban J connectivity index is 1.99. The zero-order valence-electron chi connectivity index (χ0n) is 15.9. The summed E-state index contributed by atoms with van der Waals surface area (Å²) in [5, 5.41) is 23.3. The monoisotopic (exact) mass is 371 g/mol. The van der Waals surface area contributed by atoms with E-state index in [1.807, 2.05) is 13.8 Å². The number of phenols is 2. The molecule has 1 aliphatic rings. The van der Waals surface area contributed by atoms with Crippen LogP contribution < -0.4 is 14.8 Å². The van der Waals surface area contributed by atoms with Gasteiger partial charge in [0.05, 0.1) is 14.2 Å². The Labute approximate surface area is 158 Å². The zero-order valence-corrected chi connectivity index (χ0v) is 15.9. The van der Waals surface area contributed by atoms with E-state index < -0.39 is 0 Å². The van der Waals surface area contributed by atoms with Gasteiger partial charge in [-0.15, -0.1) is 0 Å². The number of hydrogen-bond donors (Lipinski definition) is 3. The maximum Gasteiger partial charge on any atom is 0.160 e. The zero-order chi connectivity index (χ0) is 19.7. The van der Waals surface area contributed by atoms with Crippen LogP contribution in [0.15, 0.2) is 36.4 Å². The summed E-state index contributed by atoms with van der Waals surface area (Å²) in [5.74, 6) is 0.552. The number of ketones is 1. The minimum atomic E-state index is -0.232. The van der Waals surface area contributed by atoms with Crippen molar-refractivity contribution < 1.29 is 24.5 Å². The fourth-order valence-corrected chi connectivity index (χ4v) is 3.77. The Hall–Kier alpha value is -2.73. The molecule has 0 unspecified atom stereocenters. The second kappa shape index (κ2) is 7.48. The number of nitrogens with one attached hydrogen (secondary N) is 1. The molecule has 3 N–H and O–H groups in total. The minimum absolute atomic E-state index is 0.0595. The van der Waals surface area contributed by atoms with E-state index in [-0.39, 0.29) is 41.2 Å². The lowest BCUT2D eigenvalue weighted by Crippen LogP contribution is -2.46. The molecule has 27 heavy (non-hydrogen) atoms. The molecule has 0 aromatic heterocycles. The maximum absolute atomic E-state index is 12.9. The topological polar surface area (TPSA) is 88.0 Å². The highest BCUT2D eigenvalue weighted by Gasteiger charge is 2.40. The van der Waals surface area contributed by atoms with E-state index >= 15 is 0 Å². The molecule has 6 heteroatoms. The number of benzene rings is 2. The van der Waals surface area contributed by atoms with Gasteiger partial charge in [0.1, 0.15) is 5.78 Å². The molecule has 3 rings (SSSR count). The number of ether oxygens (including phenoxy) is 2. The Morgan fingerprint density at radius 3 is 1.59 bits per heavy atom. The van der Waals surface area contributed by atoms with Crippen LogP contribution in [0.4, 0.5) is 0 Å². The third-order valence-electron chi connectivity index (χ3n) is 5.38. The average molecular weight is 371 g/mol. The second-order valence-electron chi connectivity index (χ2n) is 6.96. The minimum Gasteiger partial charge on any atom is -0.504 e. The van der Waals surface area contributed by atoms with E-state index in [0.29, 0.717) is 11.5 Å². The quantitative estimate of drug-likeness (QED) is 0.764. The van der Waals surface area contributed by atoms with Crippen molar-refractivity contribution >= 4 is 5.78 Å². The number of rotatable bonds is 4. The summed E-state index contributed by atoms with van der Waals surface area (Å²) in [6.07, 6.45) is 0. The van der Waals surface area contributed by atoms with Crippen LogP contribution in [0.3, 0.4) is 0 Å². The van der Waals surface area contributed by atoms with Crippen LogP contribution in [0.2, 0.25) is 0 Å². The highest BCUT2D eigenvalue weighted by Crippen LogP contribution is 2.41. The predicted octanol–water partition coefficient (Wildman–Crippen LogP) is 3.34. The summed E-state index contributed by atoms with van der Waals surface area (Å²) in [6.45, 7) is 3.81. The van der Waals surface area contributed by atoms with Crippen LogP contribution in [0, 0.1) is 11.8 Å². The number of aromatic hydroxyl groups is 2. The number of hydrogen-bond acceptors (Lipinski definition) is 6. The smallest absolute Gasteiger partial charge is 0.160 e. The SMILES string of the molecule is COc1cc([C@H]2N[C@H](c3ccc(O)c(OC)c3)[C@@H](C)C(=O)[C@H]2C)ccc1O. The first-order valence-corrected chi connectivity index (χ1v) is 8.91. The van der Waals surface area contributed by atoms with Gasteiger partial charge in [-0.25, -0.2) is 0 Å². The highest BCUT2D eigenvalue weighted by atomic mass is 16.5. The van der Waals surface area contributed by atoms with E-state index in [4.69, 9.17) is 9.47 Å². The lowest BCUT2D eigenvalue weighted by atomic mass is 9.76. The number of phenolic OH excluding ortho intramolecular Hbond substituents is 2. The van der Waals surface area contributed by atoms with Gasteiger partial charge >= 0.3 is 0 Å². The van der Waals surface area contributed by atoms with Gasteiger partial charge in [0, 0.05) is 23.9 Å². The van der Waals surface area contributed by atoms with E-state index in [1.54, 1.807) is 36.4 Å². The lowest BCUT2D eigenvalue weighted by Gasteiger charge is -2.39. The first kappa shape index (κ1) is 19.0. The third-order valence-corrected chi connectivity index (χ3v) is 5.38. The molecule has 0 saturated carbocycles. The molecular formula is C21H25NO5. The van der Waals surface area contributed by atoms with Crippen LogP contribution >= 0.6 is 0 Å². The molecule has 0 radical (unpaired) electrons. The number of carbonyl (C=O) groups excluding carboxylic acids is 1. The summed E-state index contributed by atoms with van der Waals surface area (Å²) >= 11 is 0. The third kappa shape index (κ3) is 3.45. The van der Waals surface area contributed by atoms with Crippen molar-refractivity contribution in [3.8, 4) is 23.0 Å². The molecule has 2 aromatic rings. The van der Waals surface area contributed by atoms with Crippen LogP contribution in [0.1, 0.15) is 37.1 Å². The molecule has 0 aliphatic carbocycles. The van der Waals surface area contributed by atoms with Gasteiger partial charge in [-0.3, -0.25) is 4.79 Å². The first-order chi connectivity index (χ1) is 12.9. The van der Waals surface area contributed by atoms with Gasteiger partial charge in [-0.1, -0.05) is 26.0 Å². The van der Waals surface area contributed by atoms with Crippen molar-refractivity contribution in [1.29, 1.82) is 0 Å². The number of methoxy groups -OCH3 is 2. The molecule has 0 spiro atoms. The van der Waals surface area contributed by atoms with Crippen molar-refractivity contribution in [2.45, 2.75) is 25.9 Å². The van der Waals surface area contributed by atoms with E-state index in [1.165, 1.54) is 14.2 Å². The molecule has 0 amide bonds. The Kier molecular flexibility index (Phi) is 5.28. The number of Topliss-reactive ketones (excluding diaryl/α,β-unsaturated/α-hetero) is 1. The summed E-state index contributed by atoms with van der Waals surface area (Å²) in [6, 6.07) is 9.78. The number of piperidine rings is 1. The molecule has 0 bridgehead atoms. The Bertz CT molecular complexity index is 783. The van der Waals surface area contributed by atoms with Gasteiger partial charge in [-0.05, 0) is 35.4 Å². The molecule has 144 valence electrons. The van der Waals surface area contributed by atoms with E-state index in [0.717, 1.165) is 11.1 Å². The molecule has 2 aromatic carbocycles. The molecule has 1 heterocycles. The fraction of sp³-hybridized carbons (Fsp3) is 0.381. The lowest BCUT2D eigenvalue weighted by molar-refractivity contribution is -0.130. The van der Waals surface area contributed by atoms with Crippen molar-refractivity contribution in [2.75, 3.05) is 14.2 Å². The van der Waals surface area contributed by atoms with Gasteiger partial charge < -0.3 is 25.0 Å². The predicted molar refractivity (Wildman–Crippen MR) is 101 cm³/mol. The van der Waals surface area contributed by atoms with Crippen molar-refractivity contribution in [3.05, 3.63) is 47.5 Å². The van der Waals surface area contributed by atoms with Crippen LogP contribution in [0.25, 0.3) is 0 Å². The van der Waals surface area contributed by atoms with Crippen molar-refractivity contribution in [3.63, 3.8) is 0 Å². The standard InChI is InChI=1S/C21H25NO5/c1-11-19(13-5-7-15(23)17(9-13)26-3)22-20(12(2)21(11)25)14-6-8-16(24)18(10-14)27-4/h5-12,19-20,22-24H,1-4H3/t11-,12+,19-,20-/m0/s1. The number of carbonyl (C=O) groups is 1. The summed E-state index contributed by atoms with van der Waals surface area (Å²) in [5.41, 5.74) is 1.74. The molecule has 4 atom stereocenters. The van der Waals surface area contributed by atoms with Gasteiger partial charge in [0.2, 0.25) is 0 Å². The first-order valence-electron chi connectivity index (χ1n) is 8.91. The van der Waals surface area contributed by atoms with Gasteiger partial charge in [0.15, 0.2) is 23.0 Å². The molecule has 1 fully saturated rings. The highest BCUT2D eigenvalue weighted by molar-refractivity contribution is 5.85. The second-order valence-corrected chi connectivity index (χ2v) is 6.96. The van der Waals surface area contributed by atoms with E-state index in [2.05, 4.69) is 5.32 Å². The van der Waals surface area contributed by atoms with Crippen LogP contribution in [0.5, 0.6) is 23.0 Å². The molecular weight excluding hydrogens is 346 g/mol. The van der Waals surface area contributed by atoms with Crippen molar-refractivity contribution in [1.82, 2.24) is 5.32 Å². The summed E-state index contributed by atoms with van der Waals surface area (Å²) in [4.78, 5) is 12.9. The fourth-order valence-electron chi connectivity index (χ4n) is 3.77.